The van der Waals surface area contributed by atoms with Crippen molar-refractivity contribution in [2.45, 2.75) is 28.9 Å². The number of benzene rings is 1. The van der Waals surface area contributed by atoms with Crippen molar-refractivity contribution in [3.63, 3.8) is 0 Å². The van der Waals surface area contributed by atoms with E-state index in [1.165, 1.54) is 10.5 Å². The molecule has 1 fully saturated rings. The van der Waals surface area contributed by atoms with Gasteiger partial charge in [0.25, 0.3) is 0 Å². The van der Waals surface area contributed by atoms with Crippen LogP contribution in [0.25, 0.3) is 0 Å². The van der Waals surface area contributed by atoms with Gasteiger partial charge in [0.2, 0.25) is 0 Å². The Morgan fingerprint density at radius 3 is 2.88 bits per heavy atom. The first-order valence-corrected chi connectivity index (χ1v) is 6.43. The van der Waals surface area contributed by atoms with Crippen LogP contribution in [0.15, 0.2) is 23.1 Å². The molecule has 1 saturated heterocycles. The number of rotatable bonds is 0. The second-order valence-electron chi connectivity index (χ2n) is 4.48. The molecule has 2 aliphatic heterocycles. The van der Waals surface area contributed by atoms with Gasteiger partial charge in [0.1, 0.15) is 6.07 Å². The first kappa shape index (κ1) is 10.2. The van der Waals surface area contributed by atoms with Gasteiger partial charge in [-0.05, 0) is 30.9 Å². The van der Waals surface area contributed by atoms with E-state index in [1.54, 1.807) is 0 Å². The Bertz CT molecular complexity index is 457. The van der Waals surface area contributed by atoms with Gasteiger partial charge < -0.3 is 4.74 Å². The Morgan fingerprint density at radius 1 is 1.31 bits per heavy atom. The lowest BCUT2D eigenvalue weighted by molar-refractivity contribution is 0.0782. The molecule has 0 atom stereocenters. The van der Waals surface area contributed by atoms with Gasteiger partial charge >= 0.3 is 0 Å². The summed E-state index contributed by atoms with van der Waals surface area (Å²) in [5, 5.41) is 9.10. The van der Waals surface area contributed by atoms with E-state index in [1.807, 2.05) is 23.9 Å². The van der Waals surface area contributed by atoms with Crippen molar-refractivity contribution in [1.82, 2.24) is 0 Å². The van der Waals surface area contributed by atoms with E-state index in [-0.39, 0.29) is 0 Å². The number of ether oxygens (including phenoxy) is 1. The van der Waals surface area contributed by atoms with Gasteiger partial charge in [-0.15, -0.1) is 11.8 Å². The van der Waals surface area contributed by atoms with Crippen molar-refractivity contribution in [2.24, 2.45) is 0 Å². The number of thioether (sulfide) groups is 1. The van der Waals surface area contributed by atoms with Crippen LogP contribution in [-0.2, 0) is 11.2 Å². The van der Waals surface area contributed by atoms with Gasteiger partial charge in [-0.3, -0.25) is 0 Å². The molecule has 0 radical (unpaired) electrons. The van der Waals surface area contributed by atoms with Crippen LogP contribution in [0.5, 0.6) is 0 Å². The van der Waals surface area contributed by atoms with Gasteiger partial charge in [0.05, 0.1) is 5.56 Å². The number of nitrogens with zero attached hydrogens (tertiary/aromatic N) is 1. The summed E-state index contributed by atoms with van der Waals surface area (Å²) in [6, 6.07) is 8.37. The Labute approximate surface area is 99.6 Å². The molecule has 0 saturated carbocycles. The van der Waals surface area contributed by atoms with Crippen LogP contribution in [-0.4, -0.2) is 18.0 Å². The zero-order valence-electron chi connectivity index (χ0n) is 9.03. The molecule has 1 spiro atoms. The minimum Gasteiger partial charge on any atom is -0.381 e. The predicted molar refractivity (Wildman–Crippen MR) is 63.5 cm³/mol. The van der Waals surface area contributed by atoms with Crippen LogP contribution >= 0.6 is 11.8 Å². The lowest BCUT2D eigenvalue weighted by Crippen LogP contribution is -2.32. The fourth-order valence-corrected chi connectivity index (χ4v) is 4.08. The summed E-state index contributed by atoms with van der Waals surface area (Å²) in [7, 11) is 0. The van der Waals surface area contributed by atoms with Crippen molar-refractivity contribution >= 4 is 11.8 Å². The summed E-state index contributed by atoms with van der Waals surface area (Å²) in [5.74, 6) is 0. The molecular weight excluding hydrogens is 218 g/mol. The van der Waals surface area contributed by atoms with Crippen LogP contribution in [0, 0.1) is 11.3 Å². The molecular formula is C13H13NOS. The monoisotopic (exact) mass is 231 g/mol. The quantitative estimate of drug-likeness (QED) is 0.688. The van der Waals surface area contributed by atoms with Crippen molar-refractivity contribution in [3.8, 4) is 6.07 Å². The molecule has 0 unspecified atom stereocenters. The van der Waals surface area contributed by atoms with Crippen LogP contribution in [0.2, 0.25) is 0 Å². The van der Waals surface area contributed by atoms with E-state index < -0.39 is 0 Å². The topological polar surface area (TPSA) is 33.0 Å². The average Bonchev–Trinajstić information content (AvgIpc) is 2.67. The molecule has 1 aromatic rings. The molecule has 16 heavy (non-hydrogen) atoms. The highest BCUT2D eigenvalue weighted by Gasteiger charge is 2.40. The third kappa shape index (κ3) is 1.53. The van der Waals surface area contributed by atoms with E-state index in [4.69, 9.17) is 10.00 Å². The van der Waals surface area contributed by atoms with Crippen LogP contribution in [0.4, 0.5) is 0 Å². The molecule has 82 valence electrons. The maximum atomic E-state index is 9.10. The molecule has 1 aromatic carbocycles. The third-order valence-electron chi connectivity index (χ3n) is 3.45. The highest BCUT2D eigenvalue weighted by atomic mass is 32.2. The maximum absolute atomic E-state index is 9.10. The maximum Gasteiger partial charge on any atom is 0.100 e. The number of hydrogen-bond acceptors (Lipinski definition) is 3. The van der Waals surface area contributed by atoms with Gasteiger partial charge in [-0.25, -0.2) is 0 Å². The molecule has 0 amide bonds. The molecule has 0 aromatic heterocycles. The first-order chi connectivity index (χ1) is 7.83. The summed E-state index contributed by atoms with van der Waals surface area (Å²) in [6.45, 7) is 1.73. The summed E-state index contributed by atoms with van der Waals surface area (Å²) in [6.07, 6.45) is 3.32. The molecule has 0 bridgehead atoms. The number of nitriles is 1. The molecule has 2 heterocycles. The van der Waals surface area contributed by atoms with E-state index in [2.05, 4.69) is 12.1 Å². The normalized spacial score (nSPS) is 21.7. The summed E-state index contributed by atoms with van der Waals surface area (Å²) in [4.78, 5) is 1.21. The van der Waals surface area contributed by atoms with Gasteiger partial charge in [0, 0.05) is 22.9 Å². The highest BCUT2D eigenvalue weighted by molar-refractivity contribution is 8.01. The van der Waals surface area contributed by atoms with Crippen molar-refractivity contribution in [2.75, 3.05) is 13.2 Å². The van der Waals surface area contributed by atoms with E-state index in [9.17, 15) is 0 Å². The third-order valence-corrected chi connectivity index (χ3v) is 5.12. The standard InChI is InChI=1S/C13H13NOS/c14-9-11-3-1-2-10-8-13(16-12(10)11)4-6-15-7-5-13/h1-3H,4-8H2. The lowest BCUT2D eigenvalue weighted by Gasteiger charge is -2.32. The summed E-state index contributed by atoms with van der Waals surface area (Å²) >= 11 is 1.91. The Kier molecular flexibility index (Phi) is 2.42. The zero-order chi connectivity index (χ0) is 11.0. The molecule has 2 nitrogen and oxygen atoms in total. The van der Waals surface area contributed by atoms with Gasteiger partial charge in [0.15, 0.2) is 0 Å². The molecule has 0 aliphatic carbocycles. The van der Waals surface area contributed by atoms with E-state index in [0.717, 1.165) is 38.0 Å². The number of fused-ring (bicyclic) bond motifs is 1. The largest absolute Gasteiger partial charge is 0.381 e. The van der Waals surface area contributed by atoms with E-state index >= 15 is 0 Å². The first-order valence-electron chi connectivity index (χ1n) is 5.62. The van der Waals surface area contributed by atoms with Crippen molar-refractivity contribution < 1.29 is 4.74 Å². The molecule has 3 rings (SSSR count). The minimum absolute atomic E-state index is 0.313. The fraction of sp³-hybridized carbons (Fsp3) is 0.462. The van der Waals surface area contributed by atoms with Crippen LogP contribution in [0.3, 0.4) is 0 Å². The summed E-state index contributed by atoms with van der Waals surface area (Å²) < 4.78 is 5.75. The average molecular weight is 231 g/mol. The molecule has 0 N–H and O–H groups in total. The lowest BCUT2D eigenvalue weighted by atomic mass is 9.91. The Hall–Kier alpha value is -0.980. The predicted octanol–water partition coefficient (Wildman–Crippen LogP) is 2.76. The van der Waals surface area contributed by atoms with Gasteiger partial charge in [-0.2, -0.15) is 5.26 Å². The number of hydrogen-bond donors (Lipinski definition) is 0. The van der Waals surface area contributed by atoms with Crippen LogP contribution < -0.4 is 0 Å². The highest BCUT2D eigenvalue weighted by Crippen LogP contribution is 2.51. The van der Waals surface area contributed by atoms with Gasteiger partial charge in [-0.1, -0.05) is 12.1 Å². The van der Waals surface area contributed by atoms with Crippen molar-refractivity contribution in [1.29, 1.82) is 5.26 Å². The summed E-state index contributed by atoms with van der Waals surface area (Å²) in [5.41, 5.74) is 2.19. The Balaban J connectivity index is 1.97. The molecule has 2 aliphatic rings. The van der Waals surface area contributed by atoms with E-state index in [0.29, 0.717) is 4.75 Å². The SMILES string of the molecule is N#Cc1cccc2c1SC1(CCOCC1)C2. The fourth-order valence-electron chi connectivity index (χ4n) is 2.55. The van der Waals surface area contributed by atoms with Crippen molar-refractivity contribution in [3.05, 3.63) is 29.3 Å². The minimum atomic E-state index is 0.313. The Morgan fingerprint density at radius 2 is 2.12 bits per heavy atom. The van der Waals surface area contributed by atoms with Crippen LogP contribution in [0.1, 0.15) is 24.0 Å². The second-order valence-corrected chi connectivity index (χ2v) is 5.96. The second kappa shape index (κ2) is 3.80. The smallest absolute Gasteiger partial charge is 0.100 e. The zero-order valence-corrected chi connectivity index (χ0v) is 9.85. The molecule has 3 heteroatoms.